The molecule has 0 radical (unpaired) electrons. The third-order valence-corrected chi connectivity index (χ3v) is 5.03. The van der Waals surface area contributed by atoms with Crippen LogP contribution in [0.5, 0.6) is 0 Å². The summed E-state index contributed by atoms with van der Waals surface area (Å²) in [6.07, 6.45) is 8.99. The lowest BCUT2D eigenvalue weighted by Crippen LogP contribution is -2.42. The normalized spacial score (nSPS) is 15.5. The molecule has 3 heterocycles. The van der Waals surface area contributed by atoms with Gasteiger partial charge in [-0.15, -0.1) is 0 Å². The Morgan fingerprint density at radius 3 is 2.73 bits per heavy atom. The van der Waals surface area contributed by atoms with Crippen molar-refractivity contribution in [1.29, 1.82) is 0 Å². The van der Waals surface area contributed by atoms with Gasteiger partial charge in [0.1, 0.15) is 6.54 Å². The number of likely N-dealkylation sites (tertiary alicyclic amines) is 1. The fraction of sp³-hybridized carbons (Fsp3) is 0.368. The van der Waals surface area contributed by atoms with Gasteiger partial charge in [0.05, 0.1) is 23.6 Å². The maximum atomic E-state index is 12.6. The van der Waals surface area contributed by atoms with E-state index in [1.165, 1.54) is 10.9 Å². The SMILES string of the molecule is O=C(Cn1cnc2ccccc2c1=O)N1CCC(Cn2ccnc2)CC1. The Bertz CT molecular complexity index is 955. The van der Waals surface area contributed by atoms with Crippen molar-refractivity contribution < 1.29 is 4.79 Å². The molecule has 0 unspecified atom stereocenters. The lowest BCUT2D eigenvalue weighted by atomic mass is 9.96. The molecule has 1 aliphatic heterocycles. The molecule has 0 atom stereocenters. The van der Waals surface area contributed by atoms with Gasteiger partial charge in [0.25, 0.3) is 5.56 Å². The molecule has 7 heteroatoms. The Balaban J connectivity index is 1.38. The van der Waals surface area contributed by atoms with Crippen molar-refractivity contribution in [3.8, 4) is 0 Å². The van der Waals surface area contributed by atoms with Gasteiger partial charge in [-0.2, -0.15) is 0 Å². The zero-order valence-corrected chi connectivity index (χ0v) is 14.5. The van der Waals surface area contributed by atoms with E-state index in [-0.39, 0.29) is 18.0 Å². The minimum absolute atomic E-state index is 0.0229. The van der Waals surface area contributed by atoms with Crippen LogP contribution >= 0.6 is 0 Å². The maximum Gasteiger partial charge on any atom is 0.261 e. The average Bonchev–Trinajstić information content (AvgIpc) is 3.18. The summed E-state index contributed by atoms with van der Waals surface area (Å²) in [5, 5.41) is 0.543. The fourth-order valence-corrected chi connectivity index (χ4v) is 3.52. The van der Waals surface area contributed by atoms with E-state index in [1.807, 2.05) is 29.6 Å². The van der Waals surface area contributed by atoms with Crippen LogP contribution in [0.1, 0.15) is 12.8 Å². The van der Waals surface area contributed by atoms with Crippen LogP contribution in [0.2, 0.25) is 0 Å². The fourth-order valence-electron chi connectivity index (χ4n) is 3.52. The van der Waals surface area contributed by atoms with Gasteiger partial charge in [-0.1, -0.05) is 12.1 Å². The molecule has 1 saturated heterocycles. The molecule has 0 N–H and O–H groups in total. The van der Waals surface area contributed by atoms with Crippen molar-refractivity contribution >= 4 is 16.8 Å². The third kappa shape index (κ3) is 3.37. The summed E-state index contributed by atoms with van der Waals surface area (Å²) in [5.74, 6) is 0.531. The van der Waals surface area contributed by atoms with Gasteiger partial charge in [0.15, 0.2) is 0 Å². The summed E-state index contributed by atoms with van der Waals surface area (Å²) in [4.78, 5) is 35.3. The van der Waals surface area contributed by atoms with Crippen LogP contribution in [0.4, 0.5) is 0 Å². The van der Waals surface area contributed by atoms with Crippen molar-refractivity contribution in [2.75, 3.05) is 13.1 Å². The molecule has 4 rings (SSSR count). The second kappa shape index (κ2) is 7.11. The van der Waals surface area contributed by atoms with Crippen LogP contribution in [0.25, 0.3) is 10.9 Å². The molecule has 0 saturated carbocycles. The van der Waals surface area contributed by atoms with Gasteiger partial charge in [0.2, 0.25) is 5.91 Å². The molecule has 2 aromatic heterocycles. The number of nitrogens with zero attached hydrogens (tertiary/aromatic N) is 5. The number of hydrogen-bond acceptors (Lipinski definition) is 4. The summed E-state index contributed by atoms with van der Waals surface area (Å²) in [5.41, 5.74) is 0.487. The van der Waals surface area contributed by atoms with Crippen molar-refractivity contribution in [1.82, 2.24) is 24.0 Å². The van der Waals surface area contributed by atoms with Crippen molar-refractivity contribution in [2.24, 2.45) is 5.92 Å². The van der Waals surface area contributed by atoms with Crippen LogP contribution < -0.4 is 5.56 Å². The molecule has 7 nitrogen and oxygen atoms in total. The van der Waals surface area contributed by atoms with E-state index < -0.39 is 0 Å². The highest BCUT2D eigenvalue weighted by Gasteiger charge is 2.23. The zero-order valence-electron chi connectivity index (χ0n) is 14.5. The van der Waals surface area contributed by atoms with Crippen molar-refractivity contribution in [3.63, 3.8) is 0 Å². The van der Waals surface area contributed by atoms with Crippen molar-refractivity contribution in [3.05, 3.63) is 59.7 Å². The first-order valence-electron chi connectivity index (χ1n) is 8.88. The number of imidazole rings is 1. The predicted molar refractivity (Wildman–Crippen MR) is 97.5 cm³/mol. The Kier molecular flexibility index (Phi) is 4.51. The Hall–Kier alpha value is -2.96. The quantitative estimate of drug-likeness (QED) is 0.715. The summed E-state index contributed by atoms with van der Waals surface area (Å²) in [6.45, 7) is 2.45. The zero-order chi connectivity index (χ0) is 17.9. The topological polar surface area (TPSA) is 73.0 Å². The molecule has 26 heavy (non-hydrogen) atoms. The first-order valence-corrected chi connectivity index (χ1v) is 8.88. The number of aromatic nitrogens is 4. The molecule has 1 aromatic carbocycles. The number of fused-ring (bicyclic) bond motifs is 1. The lowest BCUT2D eigenvalue weighted by molar-refractivity contribution is -0.133. The molecule has 134 valence electrons. The van der Waals surface area contributed by atoms with Crippen LogP contribution in [-0.4, -0.2) is 43.0 Å². The molecule has 1 aliphatic rings. The summed E-state index contributed by atoms with van der Waals surface area (Å²) < 4.78 is 3.49. The smallest absolute Gasteiger partial charge is 0.261 e. The molecule has 3 aromatic rings. The van der Waals surface area contributed by atoms with Gasteiger partial charge in [-0.25, -0.2) is 9.97 Å². The minimum atomic E-state index is -0.168. The average molecular weight is 351 g/mol. The van der Waals surface area contributed by atoms with Gasteiger partial charge in [-0.3, -0.25) is 14.2 Å². The molecule has 0 bridgehead atoms. The van der Waals surface area contributed by atoms with Gasteiger partial charge >= 0.3 is 0 Å². The number of rotatable bonds is 4. The summed E-state index contributed by atoms with van der Waals surface area (Å²) in [6, 6.07) is 7.20. The molecule has 1 fully saturated rings. The monoisotopic (exact) mass is 351 g/mol. The van der Waals surface area contributed by atoms with E-state index in [2.05, 4.69) is 14.5 Å². The van der Waals surface area contributed by atoms with E-state index in [0.717, 1.165) is 32.5 Å². The number of piperidine rings is 1. The van der Waals surface area contributed by atoms with E-state index in [4.69, 9.17) is 0 Å². The highest BCUT2D eigenvalue weighted by atomic mass is 16.2. The van der Waals surface area contributed by atoms with E-state index in [9.17, 15) is 9.59 Å². The molecule has 0 aliphatic carbocycles. The van der Waals surface area contributed by atoms with E-state index >= 15 is 0 Å². The summed E-state index contributed by atoms with van der Waals surface area (Å²) in [7, 11) is 0. The van der Waals surface area contributed by atoms with Crippen LogP contribution in [0, 0.1) is 5.92 Å². The molecular formula is C19H21N5O2. The van der Waals surface area contributed by atoms with E-state index in [1.54, 1.807) is 18.3 Å². The number of amides is 1. The number of carbonyl (C=O) groups excluding carboxylic acids is 1. The lowest BCUT2D eigenvalue weighted by Gasteiger charge is -2.32. The number of benzene rings is 1. The highest BCUT2D eigenvalue weighted by Crippen LogP contribution is 2.19. The van der Waals surface area contributed by atoms with Crippen LogP contribution in [0.15, 0.2) is 54.1 Å². The Labute approximate surface area is 150 Å². The van der Waals surface area contributed by atoms with E-state index in [0.29, 0.717) is 16.8 Å². The second-order valence-electron chi connectivity index (χ2n) is 6.78. The Morgan fingerprint density at radius 1 is 1.15 bits per heavy atom. The van der Waals surface area contributed by atoms with Gasteiger partial charge < -0.3 is 9.47 Å². The minimum Gasteiger partial charge on any atom is -0.341 e. The molecule has 1 amide bonds. The first-order chi connectivity index (χ1) is 12.7. The summed E-state index contributed by atoms with van der Waals surface area (Å²) >= 11 is 0. The van der Waals surface area contributed by atoms with Crippen LogP contribution in [0.3, 0.4) is 0 Å². The van der Waals surface area contributed by atoms with Crippen LogP contribution in [-0.2, 0) is 17.9 Å². The Morgan fingerprint density at radius 2 is 1.96 bits per heavy atom. The predicted octanol–water partition coefficient (Wildman–Crippen LogP) is 1.53. The maximum absolute atomic E-state index is 12.6. The molecule has 0 spiro atoms. The molecular weight excluding hydrogens is 330 g/mol. The van der Waals surface area contributed by atoms with Gasteiger partial charge in [-0.05, 0) is 30.9 Å². The van der Waals surface area contributed by atoms with Crippen molar-refractivity contribution in [2.45, 2.75) is 25.9 Å². The highest BCUT2D eigenvalue weighted by molar-refractivity contribution is 5.79. The largest absolute Gasteiger partial charge is 0.341 e. The number of carbonyl (C=O) groups is 1. The standard InChI is InChI=1S/C19H21N5O2/c25-18(12-24-14-21-17-4-2-1-3-16(17)19(24)26)23-8-5-15(6-9-23)11-22-10-7-20-13-22/h1-4,7,10,13-15H,5-6,8-9,11-12H2. The first kappa shape index (κ1) is 16.5. The number of para-hydroxylation sites is 1. The second-order valence-corrected chi connectivity index (χ2v) is 6.78. The third-order valence-electron chi connectivity index (χ3n) is 5.03. The number of hydrogen-bond donors (Lipinski definition) is 0. The van der Waals surface area contributed by atoms with Gasteiger partial charge in [0, 0.05) is 32.0 Å².